The predicted molar refractivity (Wildman–Crippen MR) is 153 cm³/mol. The summed E-state index contributed by atoms with van der Waals surface area (Å²) in [5.74, 6) is 0. The Morgan fingerprint density at radius 3 is 2.33 bits per heavy atom. The van der Waals surface area contributed by atoms with E-state index in [0.717, 1.165) is 37.0 Å². The summed E-state index contributed by atoms with van der Waals surface area (Å²) in [5, 5.41) is 16.6. The summed E-state index contributed by atoms with van der Waals surface area (Å²) >= 11 is 6.30. The molecular weight excluding hydrogens is 597 g/mol. The van der Waals surface area contributed by atoms with Crippen LogP contribution in [0.25, 0.3) is 11.3 Å². The fraction of sp³-hybridized carbons (Fsp3) is 0.444. The van der Waals surface area contributed by atoms with Gasteiger partial charge in [-0.3, -0.25) is 19.7 Å². The van der Waals surface area contributed by atoms with E-state index in [4.69, 9.17) is 16.7 Å². The molecule has 2 aliphatic rings. The molecule has 0 amide bonds. The molecule has 0 bridgehead atoms. The van der Waals surface area contributed by atoms with Gasteiger partial charge in [0.05, 0.1) is 27.5 Å². The van der Waals surface area contributed by atoms with E-state index in [1.807, 2.05) is 9.58 Å². The molecule has 0 spiro atoms. The first-order valence-corrected chi connectivity index (χ1v) is 15.7. The number of piperazine rings is 1. The van der Waals surface area contributed by atoms with Gasteiger partial charge < -0.3 is 4.90 Å². The van der Waals surface area contributed by atoms with Crippen LogP contribution in [0, 0.1) is 10.1 Å². The van der Waals surface area contributed by atoms with Crippen LogP contribution in [-0.4, -0.2) is 77.9 Å². The van der Waals surface area contributed by atoms with Crippen molar-refractivity contribution in [1.29, 1.82) is 0 Å². The largest absolute Gasteiger partial charge is 0.416 e. The Morgan fingerprint density at radius 2 is 1.71 bits per heavy atom. The zero-order valence-corrected chi connectivity index (χ0v) is 24.4. The first-order chi connectivity index (χ1) is 19.8. The summed E-state index contributed by atoms with van der Waals surface area (Å²) in [6.45, 7) is 4.28. The zero-order chi connectivity index (χ0) is 30.2. The standard InChI is InChI=1S/C27H30ClF3N6O4S/c1-42(40,41)35-13-10-23-21(18-35)25(19-6-8-20(9-7-19)27(29,30)31)32-36(23)12-3-11-33-14-16-34(17-15-33)26-22(28)4-2-5-24(26)37(38)39/h2,4-9H,3,10-18H2,1H3. The summed E-state index contributed by atoms with van der Waals surface area (Å²) in [7, 11) is -3.46. The van der Waals surface area contributed by atoms with Crippen LogP contribution < -0.4 is 4.90 Å². The van der Waals surface area contributed by atoms with E-state index in [-0.39, 0.29) is 12.2 Å². The minimum Gasteiger partial charge on any atom is -0.362 e. The van der Waals surface area contributed by atoms with Crippen LogP contribution in [-0.2, 0) is 35.7 Å². The molecular formula is C27H30ClF3N6O4S. The summed E-state index contributed by atoms with van der Waals surface area (Å²) in [5.41, 5.74) is 2.24. The molecule has 42 heavy (non-hydrogen) atoms. The highest BCUT2D eigenvalue weighted by Gasteiger charge is 2.32. The van der Waals surface area contributed by atoms with Gasteiger partial charge in [0, 0.05) is 81.7 Å². The number of anilines is 1. The Hall–Kier alpha value is -3.20. The number of nitrogens with zero attached hydrogens (tertiary/aromatic N) is 6. The summed E-state index contributed by atoms with van der Waals surface area (Å²) in [6, 6.07) is 9.43. The normalized spacial score (nSPS) is 16.9. The van der Waals surface area contributed by atoms with Crippen molar-refractivity contribution >= 4 is 33.0 Å². The lowest BCUT2D eigenvalue weighted by Gasteiger charge is -2.36. The Bertz CT molecular complexity index is 1570. The quantitative estimate of drug-likeness (QED) is 0.265. The Kier molecular flexibility index (Phi) is 8.52. The smallest absolute Gasteiger partial charge is 0.362 e. The van der Waals surface area contributed by atoms with Gasteiger partial charge in [-0.05, 0) is 24.6 Å². The third-order valence-electron chi connectivity index (χ3n) is 7.75. The molecule has 1 aromatic heterocycles. The molecule has 0 unspecified atom stereocenters. The number of aromatic nitrogens is 2. The predicted octanol–water partition coefficient (Wildman–Crippen LogP) is 4.66. The van der Waals surface area contributed by atoms with Gasteiger partial charge in [-0.2, -0.15) is 22.6 Å². The second-order valence-electron chi connectivity index (χ2n) is 10.5. The number of aryl methyl sites for hydroxylation is 1. The van der Waals surface area contributed by atoms with Crippen LogP contribution in [0.3, 0.4) is 0 Å². The van der Waals surface area contributed by atoms with Gasteiger partial charge in [0.15, 0.2) is 0 Å². The molecule has 0 N–H and O–H groups in total. The van der Waals surface area contributed by atoms with Crippen LogP contribution >= 0.6 is 11.6 Å². The van der Waals surface area contributed by atoms with Crippen LogP contribution in [0.15, 0.2) is 42.5 Å². The van der Waals surface area contributed by atoms with Gasteiger partial charge in [-0.1, -0.05) is 29.8 Å². The molecule has 226 valence electrons. The van der Waals surface area contributed by atoms with Crippen molar-refractivity contribution in [2.45, 2.75) is 32.1 Å². The third-order valence-corrected chi connectivity index (χ3v) is 9.30. The number of halogens is 4. The molecule has 0 saturated carbocycles. The summed E-state index contributed by atoms with van der Waals surface area (Å²) in [6.07, 6.45) is -2.13. The Labute approximate surface area is 246 Å². The van der Waals surface area contributed by atoms with E-state index >= 15 is 0 Å². The van der Waals surface area contributed by atoms with Crippen molar-refractivity contribution in [3.8, 4) is 11.3 Å². The van der Waals surface area contributed by atoms with Gasteiger partial charge in [-0.25, -0.2) is 8.42 Å². The maximum absolute atomic E-state index is 13.1. The molecule has 2 aliphatic heterocycles. The zero-order valence-electron chi connectivity index (χ0n) is 22.8. The number of hydrogen-bond acceptors (Lipinski definition) is 7. The molecule has 10 nitrogen and oxygen atoms in total. The number of nitro benzene ring substituents is 1. The van der Waals surface area contributed by atoms with Crippen molar-refractivity contribution in [2.75, 3.05) is 50.4 Å². The summed E-state index contributed by atoms with van der Waals surface area (Å²) in [4.78, 5) is 15.3. The highest BCUT2D eigenvalue weighted by atomic mass is 35.5. The second-order valence-corrected chi connectivity index (χ2v) is 12.9. The number of hydrogen-bond donors (Lipinski definition) is 0. The van der Waals surface area contributed by atoms with Crippen LogP contribution in [0.5, 0.6) is 0 Å². The SMILES string of the molecule is CS(=O)(=O)N1CCc2c(c(-c3ccc(C(F)(F)F)cc3)nn2CCCN2CCN(c3c(Cl)cccc3[N+](=O)[O-])CC2)C1. The molecule has 3 aromatic rings. The van der Waals surface area contributed by atoms with Gasteiger partial charge in [-0.15, -0.1) is 0 Å². The Morgan fingerprint density at radius 1 is 1.02 bits per heavy atom. The first kappa shape index (κ1) is 30.3. The van der Waals surface area contributed by atoms with Crippen LogP contribution in [0.1, 0.15) is 23.2 Å². The van der Waals surface area contributed by atoms with Crippen molar-refractivity contribution in [2.24, 2.45) is 0 Å². The molecule has 1 saturated heterocycles. The van der Waals surface area contributed by atoms with Crippen molar-refractivity contribution in [1.82, 2.24) is 19.0 Å². The molecule has 0 atom stereocenters. The van der Waals surface area contributed by atoms with E-state index in [1.165, 1.54) is 22.5 Å². The number of alkyl halides is 3. The Balaban J connectivity index is 1.28. The third kappa shape index (κ3) is 6.41. The van der Waals surface area contributed by atoms with Crippen LogP contribution in [0.4, 0.5) is 24.5 Å². The minimum atomic E-state index is -4.46. The van der Waals surface area contributed by atoms with E-state index < -0.39 is 26.7 Å². The second kappa shape index (κ2) is 11.8. The average Bonchev–Trinajstić information content (AvgIpc) is 3.30. The number of fused-ring (bicyclic) bond motifs is 1. The lowest BCUT2D eigenvalue weighted by molar-refractivity contribution is -0.384. The maximum Gasteiger partial charge on any atom is 0.416 e. The fourth-order valence-corrected chi connectivity index (χ4v) is 6.66. The lowest BCUT2D eigenvalue weighted by atomic mass is 10.0. The van der Waals surface area contributed by atoms with Gasteiger partial charge in [0.25, 0.3) is 5.69 Å². The monoisotopic (exact) mass is 626 g/mol. The van der Waals surface area contributed by atoms with Gasteiger partial charge in [0.1, 0.15) is 5.69 Å². The molecule has 0 aliphatic carbocycles. The van der Waals surface area contributed by atoms with Crippen molar-refractivity contribution in [3.05, 3.63) is 74.4 Å². The molecule has 2 aromatic carbocycles. The first-order valence-electron chi connectivity index (χ1n) is 13.4. The average molecular weight is 627 g/mol. The molecule has 15 heteroatoms. The fourth-order valence-electron chi connectivity index (χ4n) is 5.59. The number of nitro groups is 1. The van der Waals surface area contributed by atoms with E-state index in [0.29, 0.717) is 73.2 Å². The van der Waals surface area contributed by atoms with Crippen molar-refractivity contribution in [3.63, 3.8) is 0 Å². The molecule has 0 radical (unpaired) electrons. The van der Waals surface area contributed by atoms with Crippen LogP contribution in [0.2, 0.25) is 5.02 Å². The molecule has 1 fully saturated rings. The minimum absolute atomic E-state index is 0.0160. The molecule has 5 rings (SSSR count). The topological polar surface area (TPSA) is 105 Å². The highest BCUT2D eigenvalue weighted by Crippen LogP contribution is 2.36. The number of rotatable bonds is 8. The lowest BCUT2D eigenvalue weighted by Crippen LogP contribution is -2.47. The van der Waals surface area contributed by atoms with E-state index in [9.17, 15) is 31.7 Å². The number of sulfonamides is 1. The molecule has 3 heterocycles. The van der Waals surface area contributed by atoms with E-state index in [1.54, 1.807) is 12.1 Å². The highest BCUT2D eigenvalue weighted by molar-refractivity contribution is 7.88. The van der Waals surface area contributed by atoms with Gasteiger partial charge >= 0.3 is 6.18 Å². The maximum atomic E-state index is 13.1. The van der Waals surface area contributed by atoms with Gasteiger partial charge in [0.2, 0.25) is 10.0 Å². The number of benzene rings is 2. The van der Waals surface area contributed by atoms with Crippen molar-refractivity contribution < 1.29 is 26.5 Å². The summed E-state index contributed by atoms with van der Waals surface area (Å²) < 4.78 is 67.1. The number of para-hydroxylation sites is 1. The van der Waals surface area contributed by atoms with E-state index in [2.05, 4.69) is 4.90 Å².